The Bertz CT molecular complexity index is 642. The molecule has 23 heavy (non-hydrogen) atoms. The minimum atomic E-state index is -0.233. The fourth-order valence-electron chi connectivity index (χ4n) is 2.10. The van der Waals surface area contributed by atoms with Crippen molar-refractivity contribution in [3.63, 3.8) is 0 Å². The number of hydrogen-bond acceptors (Lipinski definition) is 2. The third-order valence-corrected chi connectivity index (χ3v) is 3.81. The van der Waals surface area contributed by atoms with E-state index in [-0.39, 0.29) is 18.4 Å². The third-order valence-electron chi connectivity index (χ3n) is 3.29. The van der Waals surface area contributed by atoms with Crippen LogP contribution in [0, 0.1) is 0 Å². The fraction of sp³-hybridized carbons (Fsp3) is 0.222. The number of anilines is 1. The van der Waals surface area contributed by atoms with E-state index >= 15 is 0 Å². The van der Waals surface area contributed by atoms with Gasteiger partial charge in [-0.2, -0.15) is 0 Å². The highest BCUT2D eigenvalue weighted by Crippen LogP contribution is 2.13. The zero-order chi connectivity index (χ0) is 16.5. The van der Waals surface area contributed by atoms with Crippen molar-refractivity contribution in [2.24, 2.45) is 0 Å². The van der Waals surface area contributed by atoms with Crippen LogP contribution in [0.25, 0.3) is 0 Å². The summed E-state index contributed by atoms with van der Waals surface area (Å²) < 4.78 is 0.946. The number of carbonyl (C=O) groups excluding carboxylic acids is 2. The monoisotopic (exact) mass is 374 g/mol. The Morgan fingerprint density at radius 3 is 2.30 bits per heavy atom. The molecule has 2 aromatic rings. The summed E-state index contributed by atoms with van der Waals surface area (Å²) in [6.45, 7) is -0.0137. The van der Waals surface area contributed by atoms with E-state index in [1.165, 1.54) is 5.56 Å². The van der Waals surface area contributed by atoms with Crippen molar-refractivity contribution in [1.29, 1.82) is 0 Å². The molecular weight excluding hydrogens is 356 g/mol. The van der Waals surface area contributed by atoms with Crippen LogP contribution in [0.3, 0.4) is 0 Å². The van der Waals surface area contributed by atoms with E-state index < -0.39 is 0 Å². The molecule has 0 fully saturated rings. The van der Waals surface area contributed by atoms with Gasteiger partial charge in [-0.3, -0.25) is 9.59 Å². The smallest absolute Gasteiger partial charge is 0.243 e. The summed E-state index contributed by atoms with van der Waals surface area (Å²) in [6, 6.07) is 17.3. The molecule has 0 aliphatic carbocycles. The van der Waals surface area contributed by atoms with E-state index in [1.807, 2.05) is 42.5 Å². The topological polar surface area (TPSA) is 58.2 Å². The summed E-state index contributed by atoms with van der Waals surface area (Å²) in [5, 5.41) is 5.37. The van der Waals surface area contributed by atoms with Gasteiger partial charge in [-0.05, 0) is 42.7 Å². The SMILES string of the molecule is O=C(CCCc1ccccc1)NCC(=O)Nc1ccc(Br)cc1. The summed E-state index contributed by atoms with van der Waals surface area (Å²) in [5.74, 6) is -0.337. The highest BCUT2D eigenvalue weighted by molar-refractivity contribution is 9.10. The van der Waals surface area contributed by atoms with Crippen LogP contribution in [0.1, 0.15) is 18.4 Å². The Morgan fingerprint density at radius 2 is 1.61 bits per heavy atom. The number of nitrogens with one attached hydrogen (secondary N) is 2. The number of aryl methyl sites for hydroxylation is 1. The number of benzene rings is 2. The number of halogens is 1. The molecular formula is C18H19BrN2O2. The molecule has 0 aromatic heterocycles. The van der Waals surface area contributed by atoms with Gasteiger partial charge in [0.15, 0.2) is 0 Å². The first-order chi connectivity index (χ1) is 11.1. The quantitative estimate of drug-likeness (QED) is 0.778. The first kappa shape index (κ1) is 17.2. The van der Waals surface area contributed by atoms with Crippen molar-refractivity contribution in [2.75, 3.05) is 11.9 Å². The lowest BCUT2D eigenvalue weighted by Gasteiger charge is -2.07. The van der Waals surface area contributed by atoms with Crippen molar-refractivity contribution in [3.05, 3.63) is 64.6 Å². The minimum absolute atomic E-state index is 0.0137. The van der Waals surface area contributed by atoms with Gasteiger partial charge in [-0.25, -0.2) is 0 Å². The van der Waals surface area contributed by atoms with Gasteiger partial charge < -0.3 is 10.6 Å². The Labute approximate surface area is 144 Å². The number of rotatable bonds is 7. The molecule has 5 heteroatoms. The second kappa shape index (κ2) is 9.10. The summed E-state index contributed by atoms with van der Waals surface area (Å²) in [4.78, 5) is 23.5. The molecule has 0 radical (unpaired) electrons. The van der Waals surface area contributed by atoms with Gasteiger partial charge in [0, 0.05) is 16.6 Å². The zero-order valence-electron chi connectivity index (χ0n) is 12.7. The van der Waals surface area contributed by atoms with Crippen molar-refractivity contribution in [2.45, 2.75) is 19.3 Å². The maximum absolute atomic E-state index is 11.8. The van der Waals surface area contributed by atoms with Gasteiger partial charge >= 0.3 is 0 Å². The predicted molar refractivity (Wildman–Crippen MR) is 95.2 cm³/mol. The molecule has 0 heterocycles. The van der Waals surface area contributed by atoms with Crippen molar-refractivity contribution < 1.29 is 9.59 Å². The highest BCUT2D eigenvalue weighted by Gasteiger charge is 2.06. The van der Waals surface area contributed by atoms with Crippen LogP contribution >= 0.6 is 15.9 Å². The lowest BCUT2D eigenvalue weighted by molar-refractivity contribution is -0.124. The Kier molecular flexibility index (Phi) is 6.81. The molecule has 0 saturated carbocycles. The number of carbonyl (C=O) groups is 2. The van der Waals surface area contributed by atoms with Gasteiger partial charge in [-0.15, -0.1) is 0 Å². The summed E-state index contributed by atoms with van der Waals surface area (Å²) in [5.41, 5.74) is 1.92. The predicted octanol–water partition coefficient (Wildman–Crippen LogP) is 3.53. The molecule has 0 aliphatic heterocycles. The van der Waals surface area contributed by atoms with Crippen molar-refractivity contribution >= 4 is 33.4 Å². The largest absolute Gasteiger partial charge is 0.347 e. The molecule has 0 unspecified atom stereocenters. The molecule has 0 aliphatic rings. The zero-order valence-corrected chi connectivity index (χ0v) is 14.3. The van der Waals surface area contributed by atoms with Gasteiger partial charge in [0.2, 0.25) is 11.8 Å². The van der Waals surface area contributed by atoms with E-state index in [2.05, 4.69) is 26.6 Å². The van der Waals surface area contributed by atoms with E-state index in [9.17, 15) is 9.59 Å². The molecule has 0 atom stereocenters. The van der Waals surface area contributed by atoms with Gasteiger partial charge in [0.25, 0.3) is 0 Å². The first-order valence-electron chi connectivity index (χ1n) is 7.49. The molecule has 0 spiro atoms. The number of hydrogen-bond donors (Lipinski definition) is 2. The van der Waals surface area contributed by atoms with Crippen LogP contribution in [0.5, 0.6) is 0 Å². The van der Waals surface area contributed by atoms with Gasteiger partial charge in [-0.1, -0.05) is 46.3 Å². The van der Waals surface area contributed by atoms with Crippen LogP contribution in [-0.4, -0.2) is 18.4 Å². The summed E-state index contributed by atoms with van der Waals surface area (Å²) in [7, 11) is 0. The standard InChI is InChI=1S/C18H19BrN2O2/c19-15-9-11-16(12-10-15)21-18(23)13-20-17(22)8-4-7-14-5-2-1-3-6-14/h1-3,5-6,9-12H,4,7-8,13H2,(H,20,22)(H,21,23). The van der Waals surface area contributed by atoms with E-state index in [4.69, 9.17) is 0 Å². The second-order valence-corrected chi connectivity index (χ2v) is 6.09. The van der Waals surface area contributed by atoms with Crippen molar-refractivity contribution in [3.8, 4) is 0 Å². The molecule has 2 N–H and O–H groups in total. The van der Waals surface area contributed by atoms with Crippen LogP contribution in [0.4, 0.5) is 5.69 Å². The molecule has 4 nitrogen and oxygen atoms in total. The fourth-order valence-corrected chi connectivity index (χ4v) is 2.37. The highest BCUT2D eigenvalue weighted by atomic mass is 79.9. The molecule has 2 rings (SSSR count). The van der Waals surface area contributed by atoms with E-state index in [1.54, 1.807) is 12.1 Å². The molecule has 2 amide bonds. The Balaban J connectivity index is 1.63. The minimum Gasteiger partial charge on any atom is -0.347 e. The summed E-state index contributed by atoms with van der Waals surface area (Å²) >= 11 is 3.33. The second-order valence-electron chi connectivity index (χ2n) is 5.17. The molecule has 2 aromatic carbocycles. The van der Waals surface area contributed by atoms with Gasteiger partial charge in [0.05, 0.1) is 6.54 Å². The normalized spacial score (nSPS) is 10.1. The van der Waals surface area contributed by atoms with Crippen LogP contribution in [0.15, 0.2) is 59.1 Å². The van der Waals surface area contributed by atoms with Crippen LogP contribution in [-0.2, 0) is 16.0 Å². The van der Waals surface area contributed by atoms with Crippen LogP contribution < -0.4 is 10.6 Å². The lowest BCUT2D eigenvalue weighted by Crippen LogP contribution is -2.32. The van der Waals surface area contributed by atoms with E-state index in [0.717, 1.165) is 17.3 Å². The average molecular weight is 375 g/mol. The third kappa shape index (κ3) is 6.65. The van der Waals surface area contributed by atoms with Crippen LogP contribution in [0.2, 0.25) is 0 Å². The average Bonchev–Trinajstić information content (AvgIpc) is 2.56. The molecule has 0 saturated heterocycles. The summed E-state index contributed by atoms with van der Waals surface area (Å²) in [6.07, 6.45) is 2.05. The van der Waals surface area contributed by atoms with E-state index in [0.29, 0.717) is 12.1 Å². The Morgan fingerprint density at radius 1 is 0.913 bits per heavy atom. The Hall–Kier alpha value is -2.14. The van der Waals surface area contributed by atoms with Crippen molar-refractivity contribution in [1.82, 2.24) is 5.32 Å². The maximum Gasteiger partial charge on any atom is 0.243 e. The first-order valence-corrected chi connectivity index (χ1v) is 8.29. The molecule has 0 bridgehead atoms. The maximum atomic E-state index is 11.8. The lowest BCUT2D eigenvalue weighted by atomic mass is 10.1. The van der Waals surface area contributed by atoms with Gasteiger partial charge in [0.1, 0.15) is 0 Å². The number of amides is 2. The molecule has 120 valence electrons.